The van der Waals surface area contributed by atoms with Crippen LogP contribution in [0.25, 0.3) is 21.8 Å². The van der Waals surface area contributed by atoms with Crippen molar-refractivity contribution < 1.29 is 19.0 Å². The predicted octanol–water partition coefficient (Wildman–Crippen LogP) is 4.77. The molecule has 0 unspecified atom stereocenters. The Hall–Kier alpha value is -3.85. The summed E-state index contributed by atoms with van der Waals surface area (Å²) in [5.41, 5.74) is 4.85. The fourth-order valence-corrected chi connectivity index (χ4v) is 4.68. The Morgan fingerprint density at radius 2 is 1.74 bits per heavy atom. The van der Waals surface area contributed by atoms with Crippen LogP contribution >= 0.6 is 11.3 Å². The molecule has 0 aliphatic heterocycles. The molecule has 0 aliphatic rings. The van der Waals surface area contributed by atoms with Crippen LogP contribution in [0, 0.1) is 13.8 Å². The van der Waals surface area contributed by atoms with Crippen molar-refractivity contribution in [3.8, 4) is 39.1 Å². The van der Waals surface area contributed by atoms with Gasteiger partial charge in [0.25, 0.3) is 5.91 Å². The van der Waals surface area contributed by atoms with Crippen molar-refractivity contribution in [1.82, 2.24) is 20.5 Å². The van der Waals surface area contributed by atoms with Crippen LogP contribution < -0.4 is 19.5 Å². The summed E-state index contributed by atoms with van der Waals surface area (Å²) in [5, 5.41) is 11.0. The van der Waals surface area contributed by atoms with Crippen molar-refractivity contribution in [3.05, 3.63) is 64.3 Å². The van der Waals surface area contributed by atoms with E-state index in [9.17, 15) is 4.79 Å². The lowest BCUT2D eigenvalue weighted by atomic mass is 10.1. The number of benzene rings is 2. The predicted molar refractivity (Wildman–Crippen MR) is 132 cm³/mol. The van der Waals surface area contributed by atoms with Crippen LogP contribution in [-0.2, 0) is 6.54 Å². The highest BCUT2D eigenvalue weighted by Crippen LogP contribution is 2.40. The topological polar surface area (TPSA) is 98.4 Å². The Labute approximate surface area is 201 Å². The van der Waals surface area contributed by atoms with Gasteiger partial charge in [-0.3, -0.25) is 9.89 Å². The Morgan fingerprint density at radius 3 is 2.38 bits per heavy atom. The van der Waals surface area contributed by atoms with Crippen molar-refractivity contribution in [2.75, 3.05) is 21.3 Å². The molecule has 34 heavy (non-hydrogen) atoms. The second-order valence-electron chi connectivity index (χ2n) is 7.61. The average molecular weight is 479 g/mol. The number of ether oxygens (including phenoxy) is 3. The van der Waals surface area contributed by atoms with Crippen LogP contribution in [0.2, 0.25) is 0 Å². The maximum absolute atomic E-state index is 12.8. The number of aryl methyl sites for hydroxylation is 2. The third-order valence-corrected chi connectivity index (χ3v) is 6.65. The number of hydrogen-bond donors (Lipinski definition) is 2. The molecule has 176 valence electrons. The maximum Gasteiger partial charge on any atom is 0.269 e. The molecule has 0 radical (unpaired) electrons. The molecule has 8 nitrogen and oxygen atoms in total. The minimum Gasteiger partial charge on any atom is -0.493 e. The lowest BCUT2D eigenvalue weighted by Crippen LogP contribution is -2.23. The molecular formula is C25H26N4O4S. The molecule has 2 aromatic carbocycles. The molecule has 2 heterocycles. The number of aromatic amines is 1. The first-order chi connectivity index (χ1) is 16.4. The van der Waals surface area contributed by atoms with E-state index >= 15 is 0 Å². The van der Waals surface area contributed by atoms with Crippen molar-refractivity contribution in [2.24, 2.45) is 0 Å². The molecule has 0 spiro atoms. The molecular weight excluding hydrogens is 452 g/mol. The van der Waals surface area contributed by atoms with Crippen LogP contribution in [0.15, 0.2) is 42.5 Å². The highest BCUT2D eigenvalue weighted by molar-refractivity contribution is 7.15. The number of aromatic nitrogens is 3. The number of amides is 1. The second-order valence-corrected chi connectivity index (χ2v) is 8.69. The number of methoxy groups -OCH3 is 3. The van der Waals surface area contributed by atoms with Crippen LogP contribution in [0.5, 0.6) is 17.2 Å². The van der Waals surface area contributed by atoms with Gasteiger partial charge in [0, 0.05) is 16.0 Å². The van der Waals surface area contributed by atoms with Crippen molar-refractivity contribution in [1.29, 1.82) is 0 Å². The van der Waals surface area contributed by atoms with Crippen LogP contribution in [-0.4, -0.2) is 42.4 Å². The van der Waals surface area contributed by atoms with Gasteiger partial charge in [0.1, 0.15) is 10.7 Å². The number of nitrogens with zero attached hydrogens (tertiary/aromatic N) is 2. The largest absolute Gasteiger partial charge is 0.493 e. The highest BCUT2D eigenvalue weighted by atomic mass is 32.1. The average Bonchev–Trinajstić information content (AvgIpc) is 3.49. The molecule has 0 saturated carbocycles. The quantitative estimate of drug-likeness (QED) is 0.378. The first-order valence-corrected chi connectivity index (χ1v) is 11.4. The van der Waals surface area contributed by atoms with E-state index in [1.807, 2.05) is 19.1 Å². The summed E-state index contributed by atoms with van der Waals surface area (Å²) in [7, 11) is 4.65. The molecule has 1 amide bonds. The van der Waals surface area contributed by atoms with E-state index in [2.05, 4.69) is 34.6 Å². The molecule has 0 atom stereocenters. The number of thiazole rings is 1. The molecule has 0 aliphatic carbocycles. The molecule has 9 heteroatoms. The summed E-state index contributed by atoms with van der Waals surface area (Å²) >= 11 is 1.59. The summed E-state index contributed by atoms with van der Waals surface area (Å²) in [6.45, 7) is 4.41. The summed E-state index contributed by atoms with van der Waals surface area (Å²) in [6.07, 6.45) is 0. The van der Waals surface area contributed by atoms with Crippen molar-refractivity contribution in [3.63, 3.8) is 0 Å². The van der Waals surface area contributed by atoms with Gasteiger partial charge < -0.3 is 19.5 Å². The molecule has 4 rings (SSSR count). The third-order valence-electron chi connectivity index (χ3n) is 5.46. The first kappa shape index (κ1) is 23.3. The van der Waals surface area contributed by atoms with Gasteiger partial charge in [0.2, 0.25) is 5.75 Å². The molecule has 2 aromatic heterocycles. The van der Waals surface area contributed by atoms with E-state index < -0.39 is 0 Å². The molecule has 2 N–H and O–H groups in total. The van der Waals surface area contributed by atoms with E-state index in [4.69, 9.17) is 19.2 Å². The Bertz CT molecular complexity index is 1300. The monoisotopic (exact) mass is 478 g/mol. The highest BCUT2D eigenvalue weighted by Gasteiger charge is 2.18. The van der Waals surface area contributed by atoms with E-state index in [1.165, 1.54) is 5.56 Å². The van der Waals surface area contributed by atoms with Crippen molar-refractivity contribution in [2.45, 2.75) is 20.4 Å². The van der Waals surface area contributed by atoms with Gasteiger partial charge in [-0.2, -0.15) is 5.10 Å². The number of carbonyl (C=O) groups is 1. The number of H-pyrrole nitrogens is 1. The van der Waals surface area contributed by atoms with Crippen LogP contribution in [0.1, 0.15) is 26.6 Å². The number of rotatable bonds is 8. The maximum atomic E-state index is 12.8. The standard InChI is InChI=1S/C25H26N4O4S/c1-14-8-6-7-9-17(14)25-27-15(2)22(34-25)13-26-24(30)19-12-18(28-29-19)16-10-20(31-3)23(33-5)21(11-16)32-4/h6-12H,13H2,1-5H3,(H,26,30)(H,28,29). The van der Waals surface area contributed by atoms with Gasteiger partial charge in [-0.15, -0.1) is 11.3 Å². The van der Waals surface area contributed by atoms with Crippen LogP contribution in [0.4, 0.5) is 0 Å². The molecule has 0 saturated heterocycles. The van der Waals surface area contributed by atoms with E-state index in [0.717, 1.165) is 26.7 Å². The zero-order valence-corrected chi connectivity index (χ0v) is 20.5. The van der Waals surface area contributed by atoms with E-state index in [0.29, 0.717) is 35.2 Å². The number of hydrogen-bond acceptors (Lipinski definition) is 7. The second kappa shape index (κ2) is 9.96. The van der Waals surface area contributed by atoms with Gasteiger partial charge >= 0.3 is 0 Å². The fourth-order valence-electron chi connectivity index (χ4n) is 3.59. The lowest BCUT2D eigenvalue weighted by molar-refractivity contribution is 0.0946. The SMILES string of the molecule is COc1cc(-c2cc(C(=O)NCc3sc(-c4ccccc4C)nc3C)[nH]n2)cc(OC)c1OC. The first-order valence-electron chi connectivity index (χ1n) is 10.6. The van der Waals surface area contributed by atoms with Crippen LogP contribution in [0.3, 0.4) is 0 Å². The zero-order valence-electron chi connectivity index (χ0n) is 19.7. The van der Waals surface area contributed by atoms with Gasteiger partial charge in [0.15, 0.2) is 11.5 Å². The minimum atomic E-state index is -0.253. The summed E-state index contributed by atoms with van der Waals surface area (Å²) < 4.78 is 16.2. The van der Waals surface area contributed by atoms with Gasteiger partial charge in [-0.1, -0.05) is 24.3 Å². The molecule has 0 bridgehead atoms. The molecule has 0 fully saturated rings. The normalized spacial score (nSPS) is 10.7. The Balaban J connectivity index is 1.49. The summed E-state index contributed by atoms with van der Waals surface area (Å²) in [5.74, 6) is 1.26. The third kappa shape index (κ3) is 4.60. The van der Waals surface area contributed by atoms with E-state index in [1.54, 1.807) is 50.9 Å². The molecule has 4 aromatic rings. The Morgan fingerprint density at radius 1 is 1.03 bits per heavy atom. The summed E-state index contributed by atoms with van der Waals surface area (Å²) in [6, 6.07) is 13.4. The summed E-state index contributed by atoms with van der Waals surface area (Å²) in [4.78, 5) is 18.5. The van der Waals surface area contributed by atoms with Gasteiger partial charge in [-0.05, 0) is 37.6 Å². The number of carbonyl (C=O) groups excluding carboxylic acids is 1. The fraction of sp³-hybridized carbons (Fsp3) is 0.240. The van der Waals surface area contributed by atoms with Gasteiger partial charge in [0.05, 0.1) is 39.3 Å². The Kier molecular flexibility index (Phi) is 6.83. The zero-order chi connectivity index (χ0) is 24.2. The van der Waals surface area contributed by atoms with Crippen molar-refractivity contribution >= 4 is 17.2 Å². The van der Waals surface area contributed by atoms with Gasteiger partial charge in [-0.25, -0.2) is 4.98 Å². The minimum absolute atomic E-state index is 0.253. The number of nitrogens with one attached hydrogen (secondary N) is 2. The van der Waals surface area contributed by atoms with E-state index in [-0.39, 0.29) is 5.91 Å². The smallest absolute Gasteiger partial charge is 0.269 e. The lowest BCUT2D eigenvalue weighted by Gasteiger charge is -2.13.